The summed E-state index contributed by atoms with van der Waals surface area (Å²) < 4.78 is 12.4. The maximum atomic E-state index is 6.25. The minimum Gasteiger partial charge on any atom is -0.460 e. The van der Waals surface area contributed by atoms with Crippen LogP contribution in [0, 0.1) is 0 Å². The van der Waals surface area contributed by atoms with Crippen molar-refractivity contribution in [2.45, 2.75) is 12.3 Å². The summed E-state index contributed by atoms with van der Waals surface area (Å²) in [6.45, 7) is 0. The Bertz CT molecular complexity index is 2740. The monoisotopic (exact) mass is 682 g/mol. The lowest BCUT2D eigenvalue weighted by molar-refractivity contribution is 0.524. The Kier molecular flexibility index (Phi) is 7.58. The Morgan fingerprint density at radius 2 is 1.08 bits per heavy atom. The van der Waals surface area contributed by atoms with Crippen molar-refractivity contribution in [1.82, 2.24) is 4.98 Å². The van der Waals surface area contributed by atoms with E-state index in [1.807, 2.05) is 42.6 Å². The minimum absolute atomic E-state index is 0.179. The molecule has 0 bridgehead atoms. The van der Waals surface area contributed by atoms with Gasteiger partial charge in [-0.25, -0.2) is 0 Å². The highest BCUT2D eigenvalue weighted by atomic mass is 16.3. The van der Waals surface area contributed by atoms with Crippen LogP contribution in [-0.2, 0) is 0 Å². The van der Waals surface area contributed by atoms with Crippen LogP contribution in [0.1, 0.15) is 18.1 Å². The molecule has 0 amide bonds. The predicted octanol–water partition coefficient (Wildman–Crippen LogP) is 13.5. The molecular weight excluding hydrogens is 649 g/mol. The van der Waals surface area contributed by atoms with E-state index in [2.05, 4.69) is 151 Å². The molecule has 0 N–H and O–H groups in total. The molecule has 0 fully saturated rings. The Morgan fingerprint density at radius 1 is 0.509 bits per heavy atom. The summed E-state index contributed by atoms with van der Waals surface area (Å²) in [4.78, 5) is 7.05. The van der Waals surface area contributed by atoms with Crippen molar-refractivity contribution in [2.24, 2.45) is 0 Å². The molecule has 0 spiro atoms. The van der Waals surface area contributed by atoms with Gasteiger partial charge in [-0.15, -0.1) is 0 Å². The number of nitrogens with zero attached hydrogens (tertiary/aromatic N) is 2. The van der Waals surface area contributed by atoms with Gasteiger partial charge >= 0.3 is 0 Å². The first-order valence-corrected chi connectivity index (χ1v) is 18.0. The first-order chi connectivity index (χ1) is 26.2. The molecule has 3 heterocycles. The summed E-state index contributed by atoms with van der Waals surface area (Å²) in [5, 5.41) is 4.58. The highest BCUT2D eigenvalue weighted by Crippen LogP contribution is 2.39. The summed E-state index contributed by atoms with van der Waals surface area (Å²) >= 11 is 0. The second-order valence-corrected chi connectivity index (χ2v) is 13.6. The number of benzene rings is 6. The number of allylic oxidation sites excluding steroid dienone is 3. The lowest BCUT2D eigenvalue weighted by Crippen LogP contribution is -2.17. The average molecular weight is 683 g/mol. The molecular formula is C49H34N2O2. The van der Waals surface area contributed by atoms with Crippen LogP contribution in [0.3, 0.4) is 0 Å². The van der Waals surface area contributed by atoms with Gasteiger partial charge in [-0.3, -0.25) is 4.98 Å². The molecule has 0 saturated carbocycles. The molecule has 6 aromatic carbocycles. The van der Waals surface area contributed by atoms with Crippen LogP contribution in [0.25, 0.3) is 66.4 Å². The Morgan fingerprint density at radius 3 is 1.72 bits per heavy atom. The van der Waals surface area contributed by atoms with Crippen LogP contribution in [-0.4, -0.2) is 4.98 Å². The lowest BCUT2D eigenvalue weighted by atomic mass is 9.95. The van der Waals surface area contributed by atoms with Crippen molar-refractivity contribution in [1.29, 1.82) is 0 Å². The number of aromatic nitrogens is 1. The molecule has 1 unspecified atom stereocenters. The summed E-state index contributed by atoms with van der Waals surface area (Å²) in [7, 11) is 0. The molecule has 252 valence electrons. The van der Waals surface area contributed by atoms with E-state index in [0.29, 0.717) is 0 Å². The number of hydrogen-bond acceptors (Lipinski definition) is 4. The van der Waals surface area contributed by atoms with Gasteiger partial charge in [0.15, 0.2) is 0 Å². The Hall–Kier alpha value is -6.91. The fourth-order valence-corrected chi connectivity index (χ4v) is 7.39. The van der Waals surface area contributed by atoms with E-state index in [9.17, 15) is 0 Å². The van der Waals surface area contributed by atoms with E-state index >= 15 is 0 Å². The molecule has 0 radical (unpaired) electrons. The maximum Gasteiger partial charge on any atom is 0.135 e. The van der Waals surface area contributed by atoms with Gasteiger partial charge < -0.3 is 13.7 Å². The van der Waals surface area contributed by atoms with Gasteiger partial charge in [0, 0.05) is 56.5 Å². The topological polar surface area (TPSA) is 42.4 Å². The fraction of sp³-hybridized carbons (Fsp3) is 0.0408. The zero-order chi connectivity index (χ0) is 35.1. The molecule has 1 aliphatic rings. The van der Waals surface area contributed by atoms with Crippen LogP contribution in [0.4, 0.5) is 11.4 Å². The molecule has 4 heteroatoms. The van der Waals surface area contributed by atoms with E-state index in [-0.39, 0.29) is 5.92 Å². The summed E-state index contributed by atoms with van der Waals surface area (Å²) in [6.07, 6.45) is 9.60. The zero-order valence-corrected chi connectivity index (χ0v) is 28.9. The smallest absolute Gasteiger partial charge is 0.135 e. The summed E-state index contributed by atoms with van der Waals surface area (Å²) in [5.41, 5.74) is 10.5. The molecule has 53 heavy (non-hydrogen) atoms. The second-order valence-electron chi connectivity index (χ2n) is 13.6. The van der Waals surface area contributed by atoms with Crippen LogP contribution < -0.4 is 4.90 Å². The van der Waals surface area contributed by atoms with Crippen LogP contribution in [0.15, 0.2) is 203 Å². The standard InChI is InChI=1S/C49H34N2O2/c1-2-10-41-32-50-45(29-38(41)7-1)35-15-13-33(14-16-35)34-17-23-42(24-18-34)51(43-25-19-36(20-26-43)48-30-39-8-3-5-11-46(39)52-48)44-27-21-37(22-28-44)49-31-40-9-4-6-12-47(40)53-49/h1-21,23-32,37H,22H2. The van der Waals surface area contributed by atoms with E-state index in [0.717, 1.165) is 90.3 Å². The number of rotatable bonds is 7. The van der Waals surface area contributed by atoms with Crippen molar-refractivity contribution in [3.8, 4) is 33.7 Å². The number of fused-ring (bicyclic) bond motifs is 3. The Balaban J connectivity index is 0.953. The van der Waals surface area contributed by atoms with Crippen molar-refractivity contribution in [2.75, 3.05) is 4.90 Å². The first kappa shape index (κ1) is 30.9. The molecule has 0 saturated heterocycles. The molecule has 4 nitrogen and oxygen atoms in total. The molecule has 1 atom stereocenters. The van der Waals surface area contributed by atoms with E-state index in [1.165, 1.54) is 5.39 Å². The van der Waals surface area contributed by atoms with Gasteiger partial charge in [0.05, 0.1) is 5.69 Å². The number of hydrogen-bond donors (Lipinski definition) is 0. The molecule has 9 aromatic rings. The molecule has 1 aliphatic carbocycles. The first-order valence-electron chi connectivity index (χ1n) is 18.0. The van der Waals surface area contributed by atoms with Crippen LogP contribution in [0.5, 0.6) is 0 Å². The van der Waals surface area contributed by atoms with Gasteiger partial charge in [0.1, 0.15) is 22.7 Å². The van der Waals surface area contributed by atoms with Crippen molar-refractivity contribution >= 4 is 44.1 Å². The largest absolute Gasteiger partial charge is 0.460 e. The lowest BCUT2D eigenvalue weighted by Gasteiger charge is -2.29. The number of furan rings is 2. The van der Waals surface area contributed by atoms with Gasteiger partial charge in [-0.1, -0.05) is 109 Å². The van der Waals surface area contributed by atoms with E-state index in [4.69, 9.17) is 13.8 Å². The van der Waals surface area contributed by atoms with Crippen LogP contribution in [0.2, 0.25) is 0 Å². The average Bonchev–Trinajstić information content (AvgIpc) is 3.87. The van der Waals surface area contributed by atoms with E-state index in [1.54, 1.807) is 0 Å². The predicted molar refractivity (Wildman–Crippen MR) is 217 cm³/mol. The SMILES string of the molecule is C1=CC(c2cc3ccccc3o2)CC=C1N(c1ccc(-c2ccc(-c3cc4ccccc4cn3)cc2)cc1)c1ccc(-c2cc3ccccc3o2)cc1. The number of anilines is 2. The second kappa shape index (κ2) is 13.0. The van der Waals surface area contributed by atoms with Crippen molar-refractivity contribution in [3.63, 3.8) is 0 Å². The van der Waals surface area contributed by atoms with Crippen molar-refractivity contribution in [3.05, 3.63) is 200 Å². The van der Waals surface area contributed by atoms with Gasteiger partial charge in [-0.2, -0.15) is 0 Å². The third-order valence-corrected chi connectivity index (χ3v) is 10.3. The zero-order valence-electron chi connectivity index (χ0n) is 28.9. The molecule has 3 aromatic heterocycles. The van der Waals surface area contributed by atoms with Crippen LogP contribution >= 0.6 is 0 Å². The van der Waals surface area contributed by atoms with Gasteiger partial charge in [-0.05, 0) is 95.7 Å². The maximum absolute atomic E-state index is 6.25. The third kappa shape index (κ3) is 5.90. The molecule has 0 aliphatic heterocycles. The third-order valence-electron chi connectivity index (χ3n) is 10.3. The highest BCUT2D eigenvalue weighted by molar-refractivity contribution is 5.86. The minimum atomic E-state index is 0.179. The van der Waals surface area contributed by atoms with Gasteiger partial charge in [0.2, 0.25) is 0 Å². The van der Waals surface area contributed by atoms with E-state index < -0.39 is 0 Å². The molecule has 10 rings (SSSR count). The fourth-order valence-electron chi connectivity index (χ4n) is 7.39. The quantitative estimate of drug-likeness (QED) is 0.168. The number of para-hydroxylation sites is 2. The summed E-state index contributed by atoms with van der Waals surface area (Å²) in [6, 6.07) is 57.3. The number of pyridine rings is 1. The normalized spacial score (nSPS) is 14.2. The Labute approximate surface area is 307 Å². The summed E-state index contributed by atoms with van der Waals surface area (Å²) in [5.74, 6) is 2.03. The van der Waals surface area contributed by atoms with Crippen molar-refractivity contribution < 1.29 is 8.83 Å². The van der Waals surface area contributed by atoms with Gasteiger partial charge in [0.25, 0.3) is 0 Å². The highest BCUT2D eigenvalue weighted by Gasteiger charge is 2.21.